The topological polar surface area (TPSA) is 28.5 Å². The first kappa shape index (κ1) is 12.0. The summed E-state index contributed by atoms with van der Waals surface area (Å²) in [6, 6.07) is 3.80. The molecule has 0 fully saturated rings. The number of nitrogens with zero attached hydrogens (tertiary/aromatic N) is 3. The van der Waals surface area contributed by atoms with Crippen LogP contribution in [0.5, 0.6) is 0 Å². The van der Waals surface area contributed by atoms with Crippen LogP contribution in [-0.4, -0.2) is 29.3 Å². The summed E-state index contributed by atoms with van der Waals surface area (Å²) in [7, 11) is 1.80. The molecule has 0 saturated heterocycles. The fourth-order valence-electron chi connectivity index (χ4n) is 1.32. The highest BCUT2D eigenvalue weighted by molar-refractivity contribution is 6.29. The monoisotopic (exact) mass is 225 g/mol. The number of hydrogen-bond acceptors (Lipinski definition) is 2. The number of hydrogen-bond donors (Lipinski definition) is 0. The van der Waals surface area contributed by atoms with Crippen molar-refractivity contribution < 1.29 is 0 Å². The van der Waals surface area contributed by atoms with Gasteiger partial charge in [0, 0.05) is 26.3 Å². The maximum Gasteiger partial charge on any atom is 0.129 e. The highest BCUT2D eigenvalue weighted by Gasteiger charge is 2.04. The van der Waals surface area contributed by atoms with Crippen LogP contribution >= 0.6 is 11.6 Å². The van der Waals surface area contributed by atoms with E-state index in [9.17, 15) is 0 Å². The zero-order valence-electron chi connectivity index (χ0n) is 9.37. The molecule has 0 unspecified atom stereocenters. The molecule has 0 aliphatic rings. The van der Waals surface area contributed by atoms with Crippen molar-refractivity contribution in [2.45, 2.75) is 20.4 Å². The van der Waals surface area contributed by atoms with Gasteiger partial charge in [-0.25, -0.2) is 4.98 Å². The van der Waals surface area contributed by atoms with E-state index in [1.165, 1.54) is 0 Å². The van der Waals surface area contributed by atoms with Gasteiger partial charge in [0.1, 0.15) is 5.15 Å². The third-order valence-electron chi connectivity index (χ3n) is 2.33. The van der Waals surface area contributed by atoms with Gasteiger partial charge in [0.25, 0.3) is 0 Å². The van der Waals surface area contributed by atoms with E-state index in [1.54, 1.807) is 13.2 Å². The fraction of sp³-hybridized carbons (Fsp3) is 0.455. The van der Waals surface area contributed by atoms with Gasteiger partial charge in [0.05, 0.1) is 5.84 Å². The van der Waals surface area contributed by atoms with Crippen molar-refractivity contribution in [2.24, 2.45) is 4.99 Å². The molecule has 0 aliphatic carbocycles. The van der Waals surface area contributed by atoms with Gasteiger partial charge in [0.2, 0.25) is 0 Å². The van der Waals surface area contributed by atoms with E-state index < -0.39 is 0 Å². The summed E-state index contributed by atoms with van der Waals surface area (Å²) in [4.78, 5) is 10.4. The van der Waals surface area contributed by atoms with Crippen LogP contribution in [0.4, 0.5) is 0 Å². The largest absolute Gasteiger partial charge is 0.357 e. The lowest BCUT2D eigenvalue weighted by atomic mass is 10.2. The molecule has 1 aromatic rings. The molecule has 1 heterocycles. The molecule has 0 amide bonds. The summed E-state index contributed by atoms with van der Waals surface area (Å²) in [6.45, 7) is 5.88. The van der Waals surface area contributed by atoms with Gasteiger partial charge in [-0.1, -0.05) is 17.7 Å². The second-order valence-corrected chi connectivity index (χ2v) is 3.66. The Morgan fingerprint density at radius 2 is 2.27 bits per heavy atom. The predicted molar refractivity (Wildman–Crippen MR) is 64.4 cm³/mol. The Labute approximate surface area is 95.8 Å². The van der Waals surface area contributed by atoms with Crippen LogP contribution in [0.2, 0.25) is 5.15 Å². The van der Waals surface area contributed by atoms with Gasteiger partial charge in [-0.15, -0.1) is 0 Å². The Hall–Kier alpha value is -1.09. The molecule has 0 atom stereocenters. The van der Waals surface area contributed by atoms with Gasteiger partial charge in [0.15, 0.2) is 0 Å². The van der Waals surface area contributed by atoms with E-state index in [0.717, 1.165) is 24.5 Å². The molecule has 82 valence electrons. The molecular formula is C11H16ClN3. The first-order chi connectivity index (χ1) is 7.17. The number of aliphatic imine (C=N–C) groups is 1. The molecular weight excluding hydrogens is 210 g/mol. The second kappa shape index (κ2) is 5.71. The van der Waals surface area contributed by atoms with Crippen molar-refractivity contribution in [3.63, 3.8) is 0 Å². The van der Waals surface area contributed by atoms with E-state index in [0.29, 0.717) is 5.15 Å². The van der Waals surface area contributed by atoms with Crippen LogP contribution < -0.4 is 0 Å². The highest BCUT2D eigenvalue weighted by atomic mass is 35.5. The Kier molecular flexibility index (Phi) is 4.56. The molecule has 0 radical (unpaired) electrons. The molecule has 15 heavy (non-hydrogen) atoms. The van der Waals surface area contributed by atoms with E-state index in [4.69, 9.17) is 11.6 Å². The van der Waals surface area contributed by atoms with E-state index in [2.05, 4.69) is 21.8 Å². The van der Waals surface area contributed by atoms with Gasteiger partial charge in [-0.05, 0) is 25.5 Å². The van der Waals surface area contributed by atoms with Crippen molar-refractivity contribution in [2.75, 3.05) is 13.6 Å². The van der Waals surface area contributed by atoms with E-state index in [1.807, 2.05) is 19.1 Å². The second-order valence-electron chi connectivity index (χ2n) is 3.27. The molecule has 0 aromatic carbocycles. The Morgan fingerprint density at radius 1 is 1.53 bits per heavy atom. The quantitative estimate of drug-likeness (QED) is 0.450. The summed E-state index contributed by atoms with van der Waals surface area (Å²) in [5.41, 5.74) is 1.14. The number of aromatic nitrogens is 1. The maximum atomic E-state index is 5.72. The molecule has 0 saturated carbocycles. The minimum Gasteiger partial charge on any atom is -0.357 e. The standard InChI is InChI=1S/C11H16ClN3/c1-4-15(9(2)13-3)8-10-5-6-11(12)14-7-10/h5-7H,4,8H2,1-3H3. The summed E-state index contributed by atoms with van der Waals surface area (Å²) >= 11 is 5.72. The molecule has 0 aliphatic heterocycles. The molecule has 3 nitrogen and oxygen atoms in total. The third kappa shape index (κ3) is 3.51. The smallest absolute Gasteiger partial charge is 0.129 e. The minimum atomic E-state index is 0.530. The van der Waals surface area contributed by atoms with Crippen LogP contribution in [0.25, 0.3) is 0 Å². The molecule has 1 rings (SSSR count). The lowest BCUT2D eigenvalue weighted by Gasteiger charge is -2.22. The van der Waals surface area contributed by atoms with Crippen LogP contribution in [0, 0.1) is 0 Å². The van der Waals surface area contributed by atoms with Crippen molar-refractivity contribution in [1.29, 1.82) is 0 Å². The predicted octanol–water partition coefficient (Wildman–Crippen LogP) is 2.61. The first-order valence-electron chi connectivity index (χ1n) is 4.96. The number of pyridine rings is 1. The Morgan fingerprint density at radius 3 is 2.73 bits per heavy atom. The number of amidine groups is 1. The first-order valence-corrected chi connectivity index (χ1v) is 5.34. The molecule has 0 spiro atoms. The zero-order chi connectivity index (χ0) is 11.3. The van der Waals surface area contributed by atoms with Gasteiger partial charge >= 0.3 is 0 Å². The van der Waals surface area contributed by atoms with Crippen molar-refractivity contribution in [3.05, 3.63) is 29.0 Å². The van der Waals surface area contributed by atoms with Crippen LogP contribution in [0.1, 0.15) is 19.4 Å². The minimum absolute atomic E-state index is 0.530. The lowest BCUT2D eigenvalue weighted by Crippen LogP contribution is -2.28. The summed E-state index contributed by atoms with van der Waals surface area (Å²) in [5, 5.41) is 0.530. The summed E-state index contributed by atoms with van der Waals surface area (Å²) in [5.74, 6) is 1.03. The normalized spacial score (nSPS) is 11.6. The van der Waals surface area contributed by atoms with Crippen LogP contribution in [0.15, 0.2) is 23.3 Å². The molecule has 4 heteroatoms. The highest BCUT2D eigenvalue weighted by Crippen LogP contribution is 2.08. The molecule has 1 aromatic heterocycles. The fourth-order valence-corrected chi connectivity index (χ4v) is 1.43. The SMILES string of the molecule is CCN(Cc1ccc(Cl)nc1)C(C)=NC. The van der Waals surface area contributed by atoms with Crippen LogP contribution in [-0.2, 0) is 6.54 Å². The van der Waals surface area contributed by atoms with Gasteiger partial charge < -0.3 is 4.90 Å². The average molecular weight is 226 g/mol. The Bertz CT molecular complexity index is 332. The molecule has 0 N–H and O–H groups in total. The van der Waals surface area contributed by atoms with Crippen molar-refractivity contribution >= 4 is 17.4 Å². The number of halogens is 1. The van der Waals surface area contributed by atoms with E-state index in [-0.39, 0.29) is 0 Å². The van der Waals surface area contributed by atoms with Gasteiger partial charge in [-0.3, -0.25) is 4.99 Å². The number of rotatable bonds is 3. The van der Waals surface area contributed by atoms with Crippen molar-refractivity contribution in [1.82, 2.24) is 9.88 Å². The average Bonchev–Trinajstić information content (AvgIpc) is 2.27. The maximum absolute atomic E-state index is 5.72. The van der Waals surface area contributed by atoms with Crippen LogP contribution in [0.3, 0.4) is 0 Å². The summed E-state index contributed by atoms with van der Waals surface area (Å²) < 4.78 is 0. The van der Waals surface area contributed by atoms with E-state index >= 15 is 0 Å². The lowest BCUT2D eigenvalue weighted by molar-refractivity contribution is 0.431. The Balaban J connectivity index is 2.71. The third-order valence-corrected chi connectivity index (χ3v) is 2.55. The molecule has 0 bridgehead atoms. The summed E-state index contributed by atoms with van der Waals surface area (Å²) in [6.07, 6.45) is 1.80. The van der Waals surface area contributed by atoms with Gasteiger partial charge in [-0.2, -0.15) is 0 Å². The zero-order valence-corrected chi connectivity index (χ0v) is 10.1. The van der Waals surface area contributed by atoms with Crippen molar-refractivity contribution in [3.8, 4) is 0 Å².